The molecule has 2 rings (SSSR count). The van der Waals surface area contributed by atoms with Gasteiger partial charge in [0, 0.05) is 32.3 Å². The van der Waals surface area contributed by atoms with Crippen molar-refractivity contribution in [3.8, 4) is 0 Å². The number of rotatable bonds is 5. The molecule has 6 nitrogen and oxygen atoms in total. The summed E-state index contributed by atoms with van der Waals surface area (Å²) in [6.45, 7) is 4.21. The molecule has 0 aliphatic carbocycles. The Morgan fingerprint density at radius 3 is 3.10 bits per heavy atom. The summed E-state index contributed by atoms with van der Waals surface area (Å²) in [5, 5.41) is 3.08. The molecule has 1 unspecified atom stereocenters. The molecular formula is C13H24IN5O. The molecule has 0 saturated heterocycles. The first-order chi connectivity index (χ1) is 9.19. The molecule has 3 N–H and O–H groups in total. The fraction of sp³-hybridized carbons (Fsp3) is 0.692. The number of methoxy groups -OCH3 is 1. The van der Waals surface area contributed by atoms with Crippen LogP contribution >= 0.6 is 24.0 Å². The number of imidazole rings is 1. The number of aliphatic imine (C=N–C) groups is 1. The number of fused-ring (bicyclic) bond motifs is 1. The van der Waals surface area contributed by atoms with Gasteiger partial charge in [-0.3, -0.25) is 0 Å². The summed E-state index contributed by atoms with van der Waals surface area (Å²) in [6, 6.07) is 0.156. The third kappa shape index (κ3) is 4.93. The number of nitrogens with two attached hydrogens (primary N) is 1. The molecular weight excluding hydrogens is 369 g/mol. The fourth-order valence-electron chi connectivity index (χ4n) is 2.30. The number of hydrogen-bond acceptors (Lipinski definition) is 3. The van der Waals surface area contributed by atoms with Crippen LogP contribution in [0, 0.1) is 0 Å². The molecule has 7 heteroatoms. The lowest BCUT2D eigenvalue weighted by molar-refractivity contribution is 0.179. The van der Waals surface area contributed by atoms with E-state index in [1.54, 1.807) is 7.11 Å². The SMILES string of the molecule is COCC(C)NC(N)=NCc1cn2c(n1)CCCC2.I. The van der Waals surface area contributed by atoms with Crippen molar-refractivity contribution >= 4 is 29.9 Å². The number of aryl methyl sites for hydroxylation is 2. The molecule has 2 heterocycles. The summed E-state index contributed by atoms with van der Waals surface area (Å²) in [7, 11) is 1.67. The third-order valence-electron chi connectivity index (χ3n) is 3.18. The summed E-state index contributed by atoms with van der Waals surface area (Å²) >= 11 is 0. The van der Waals surface area contributed by atoms with Gasteiger partial charge in [0.25, 0.3) is 0 Å². The van der Waals surface area contributed by atoms with Crippen LogP contribution in [0.15, 0.2) is 11.2 Å². The van der Waals surface area contributed by atoms with Gasteiger partial charge in [-0.2, -0.15) is 0 Å². The largest absolute Gasteiger partial charge is 0.383 e. The van der Waals surface area contributed by atoms with E-state index in [9.17, 15) is 0 Å². The number of halogens is 1. The van der Waals surface area contributed by atoms with Crippen molar-refractivity contribution in [2.45, 2.75) is 45.3 Å². The van der Waals surface area contributed by atoms with E-state index >= 15 is 0 Å². The summed E-state index contributed by atoms with van der Waals surface area (Å²) in [5.41, 5.74) is 6.81. The van der Waals surface area contributed by atoms with Crippen LogP contribution in [-0.4, -0.2) is 35.3 Å². The second kappa shape index (κ2) is 8.46. The zero-order valence-corrected chi connectivity index (χ0v) is 14.5. The minimum atomic E-state index is 0. The smallest absolute Gasteiger partial charge is 0.189 e. The van der Waals surface area contributed by atoms with Crippen molar-refractivity contribution in [1.82, 2.24) is 14.9 Å². The van der Waals surface area contributed by atoms with Gasteiger partial charge in [-0.15, -0.1) is 24.0 Å². The van der Waals surface area contributed by atoms with Gasteiger partial charge in [0.05, 0.1) is 18.8 Å². The summed E-state index contributed by atoms with van der Waals surface area (Å²) in [4.78, 5) is 8.90. The zero-order valence-electron chi connectivity index (χ0n) is 12.1. The summed E-state index contributed by atoms with van der Waals surface area (Å²) < 4.78 is 7.26. The van der Waals surface area contributed by atoms with Gasteiger partial charge in [-0.25, -0.2) is 9.98 Å². The van der Waals surface area contributed by atoms with Crippen molar-refractivity contribution in [2.75, 3.05) is 13.7 Å². The van der Waals surface area contributed by atoms with E-state index < -0.39 is 0 Å². The molecule has 20 heavy (non-hydrogen) atoms. The Bertz CT molecular complexity index is 422. The van der Waals surface area contributed by atoms with Crippen LogP contribution in [-0.2, 0) is 24.2 Å². The highest BCUT2D eigenvalue weighted by Crippen LogP contribution is 2.14. The molecule has 1 aromatic heterocycles. The lowest BCUT2D eigenvalue weighted by Gasteiger charge is -2.12. The van der Waals surface area contributed by atoms with Gasteiger partial charge < -0.3 is 20.4 Å². The number of aromatic nitrogens is 2. The van der Waals surface area contributed by atoms with E-state index in [1.165, 1.54) is 18.7 Å². The van der Waals surface area contributed by atoms with Crippen LogP contribution in [0.1, 0.15) is 31.3 Å². The van der Waals surface area contributed by atoms with E-state index in [4.69, 9.17) is 10.5 Å². The van der Waals surface area contributed by atoms with Gasteiger partial charge in [-0.1, -0.05) is 0 Å². The molecule has 0 spiro atoms. The molecule has 0 aromatic carbocycles. The normalized spacial score (nSPS) is 16.2. The van der Waals surface area contributed by atoms with E-state index in [0.717, 1.165) is 18.7 Å². The second-order valence-corrected chi connectivity index (χ2v) is 5.00. The number of guanidine groups is 1. The van der Waals surface area contributed by atoms with Crippen LogP contribution in [0.5, 0.6) is 0 Å². The Hall–Kier alpha value is -0.830. The molecule has 0 fully saturated rings. The van der Waals surface area contributed by atoms with Crippen LogP contribution < -0.4 is 11.1 Å². The van der Waals surface area contributed by atoms with E-state index in [0.29, 0.717) is 19.1 Å². The number of nitrogens with zero attached hydrogens (tertiary/aromatic N) is 3. The minimum absolute atomic E-state index is 0. The Labute approximate surface area is 137 Å². The number of ether oxygens (including phenoxy) is 1. The Balaban J connectivity index is 0.00000200. The first kappa shape index (κ1) is 17.2. The van der Waals surface area contributed by atoms with Crippen molar-refractivity contribution in [3.05, 3.63) is 17.7 Å². The second-order valence-electron chi connectivity index (χ2n) is 5.00. The van der Waals surface area contributed by atoms with Crippen molar-refractivity contribution in [1.29, 1.82) is 0 Å². The average molecular weight is 393 g/mol. The van der Waals surface area contributed by atoms with Gasteiger partial charge >= 0.3 is 0 Å². The number of nitrogens with one attached hydrogen (secondary N) is 1. The molecule has 0 saturated carbocycles. The van der Waals surface area contributed by atoms with E-state index in [2.05, 4.69) is 26.1 Å². The number of hydrogen-bond donors (Lipinski definition) is 2. The average Bonchev–Trinajstić information content (AvgIpc) is 2.79. The monoisotopic (exact) mass is 393 g/mol. The van der Waals surface area contributed by atoms with Crippen LogP contribution in [0.3, 0.4) is 0 Å². The van der Waals surface area contributed by atoms with Gasteiger partial charge in [0.1, 0.15) is 5.82 Å². The van der Waals surface area contributed by atoms with Gasteiger partial charge in [-0.05, 0) is 19.8 Å². The zero-order chi connectivity index (χ0) is 13.7. The first-order valence-corrected chi connectivity index (χ1v) is 6.79. The highest BCUT2D eigenvalue weighted by atomic mass is 127. The topological polar surface area (TPSA) is 77.5 Å². The lowest BCUT2D eigenvalue weighted by atomic mass is 10.2. The standard InChI is InChI=1S/C13H23N5O.HI/c1-10(9-19-2)16-13(14)15-7-11-8-18-6-4-3-5-12(18)17-11;/h8,10H,3-7,9H2,1-2H3,(H3,14,15,16);1H. The van der Waals surface area contributed by atoms with E-state index in [1.807, 2.05) is 6.92 Å². The van der Waals surface area contributed by atoms with Gasteiger partial charge in [0.2, 0.25) is 0 Å². The maximum atomic E-state index is 5.82. The maximum Gasteiger partial charge on any atom is 0.189 e. The fourth-order valence-corrected chi connectivity index (χ4v) is 2.30. The summed E-state index contributed by atoms with van der Waals surface area (Å²) in [6.07, 6.45) is 5.63. The predicted octanol–water partition coefficient (Wildman–Crippen LogP) is 1.28. The van der Waals surface area contributed by atoms with Crippen LogP contribution in [0.25, 0.3) is 0 Å². The van der Waals surface area contributed by atoms with Gasteiger partial charge in [0.15, 0.2) is 5.96 Å². The predicted molar refractivity (Wildman–Crippen MR) is 90.4 cm³/mol. The van der Waals surface area contributed by atoms with Crippen molar-refractivity contribution in [3.63, 3.8) is 0 Å². The first-order valence-electron chi connectivity index (χ1n) is 6.79. The van der Waals surface area contributed by atoms with E-state index in [-0.39, 0.29) is 30.0 Å². The highest BCUT2D eigenvalue weighted by molar-refractivity contribution is 14.0. The Morgan fingerprint density at radius 1 is 1.60 bits per heavy atom. The molecule has 0 bridgehead atoms. The van der Waals surface area contributed by atoms with Crippen molar-refractivity contribution in [2.24, 2.45) is 10.7 Å². The Kier molecular flexibility index (Phi) is 7.28. The van der Waals surface area contributed by atoms with Crippen LogP contribution in [0.4, 0.5) is 0 Å². The van der Waals surface area contributed by atoms with Crippen molar-refractivity contribution < 1.29 is 4.74 Å². The minimum Gasteiger partial charge on any atom is -0.383 e. The molecule has 1 aliphatic heterocycles. The molecule has 1 atom stereocenters. The maximum absolute atomic E-state index is 5.82. The molecule has 1 aromatic rings. The summed E-state index contributed by atoms with van der Waals surface area (Å²) in [5.74, 6) is 1.62. The van der Waals surface area contributed by atoms with Crippen LogP contribution in [0.2, 0.25) is 0 Å². The quantitative estimate of drug-likeness (QED) is 0.449. The third-order valence-corrected chi connectivity index (χ3v) is 3.18. The highest BCUT2D eigenvalue weighted by Gasteiger charge is 2.11. The molecule has 1 aliphatic rings. The Morgan fingerprint density at radius 2 is 2.40 bits per heavy atom. The molecule has 0 radical (unpaired) electrons. The molecule has 114 valence electrons. The lowest BCUT2D eigenvalue weighted by Crippen LogP contribution is -2.40. The molecule has 0 amide bonds.